The lowest BCUT2D eigenvalue weighted by atomic mass is 10.0. The average Bonchev–Trinajstić information content (AvgIpc) is 3.39. The molecule has 4 aromatic rings. The maximum absolute atomic E-state index is 11.8. The van der Waals surface area contributed by atoms with Crippen molar-refractivity contribution in [2.75, 3.05) is 32.8 Å². The molecule has 1 fully saturated rings. The van der Waals surface area contributed by atoms with Gasteiger partial charge < -0.3 is 24.8 Å². The zero-order chi connectivity index (χ0) is 27.5. The van der Waals surface area contributed by atoms with Gasteiger partial charge in [0.15, 0.2) is 0 Å². The third kappa shape index (κ3) is 5.34. The Morgan fingerprint density at radius 2 is 1.74 bits per heavy atom. The first-order valence-electron chi connectivity index (χ1n) is 12.0. The van der Waals surface area contributed by atoms with E-state index in [1.165, 1.54) is 20.3 Å². The second-order valence-electron chi connectivity index (χ2n) is 8.75. The molecule has 2 aromatic carbocycles. The van der Waals surface area contributed by atoms with Crippen molar-refractivity contribution in [2.24, 2.45) is 0 Å². The number of anilines is 1. The predicted molar refractivity (Wildman–Crippen MR) is 152 cm³/mol. The van der Waals surface area contributed by atoms with Gasteiger partial charge in [-0.3, -0.25) is 4.79 Å². The molecule has 9 nitrogen and oxygen atoms in total. The molecule has 0 aliphatic carbocycles. The van der Waals surface area contributed by atoms with E-state index in [-0.39, 0.29) is 18.0 Å². The van der Waals surface area contributed by atoms with E-state index in [9.17, 15) is 4.79 Å². The first-order chi connectivity index (χ1) is 18.9. The van der Waals surface area contributed by atoms with Gasteiger partial charge in [0.2, 0.25) is 11.9 Å². The summed E-state index contributed by atoms with van der Waals surface area (Å²) in [5.74, 6) is 0.917. The number of methoxy groups -OCH3 is 2. The highest BCUT2D eigenvalue weighted by atomic mass is 35.5. The Morgan fingerprint density at radius 1 is 1.05 bits per heavy atom. The van der Waals surface area contributed by atoms with Gasteiger partial charge in [0.1, 0.15) is 17.0 Å². The van der Waals surface area contributed by atoms with Gasteiger partial charge in [-0.05, 0) is 12.1 Å². The maximum atomic E-state index is 11.8. The number of carbonyl (C=O) groups excluding carboxylic acids is 1. The van der Waals surface area contributed by atoms with Gasteiger partial charge in [-0.2, -0.15) is 0 Å². The van der Waals surface area contributed by atoms with Crippen molar-refractivity contribution in [3.8, 4) is 34.0 Å². The monoisotopic (exact) mass is 565 g/mol. The number of pyridine rings is 1. The highest BCUT2D eigenvalue weighted by Crippen LogP contribution is 2.46. The zero-order valence-corrected chi connectivity index (χ0v) is 22.7. The molecule has 0 unspecified atom stereocenters. The molecule has 200 valence electrons. The first-order valence-corrected chi connectivity index (χ1v) is 12.8. The first kappa shape index (κ1) is 26.7. The summed E-state index contributed by atoms with van der Waals surface area (Å²) in [6, 6.07) is 12.6. The van der Waals surface area contributed by atoms with Gasteiger partial charge >= 0.3 is 0 Å². The third-order valence-corrected chi connectivity index (χ3v) is 7.10. The Kier molecular flexibility index (Phi) is 7.83. The van der Waals surface area contributed by atoms with Crippen LogP contribution in [0.5, 0.6) is 11.5 Å². The van der Waals surface area contributed by atoms with E-state index in [0.29, 0.717) is 63.2 Å². The Labute approximate surface area is 235 Å². The van der Waals surface area contributed by atoms with Crippen LogP contribution in [-0.4, -0.2) is 60.4 Å². The molecule has 39 heavy (non-hydrogen) atoms. The van der Waals surface area contributed by atoms with Gasteiger partial charge in [-0.25, -0.2) is 15.0 Å². The van der Waals surface area contributed by atoms with Crippen LogP contribution in [0.4, 0.5) is 5.95 Å². The molecule has 0 bridgehead atoms. The number of nitrogens with zero attached hydrogens (tertiary/aromatic N) is 3. The molecule has 2 aromatic heterocycles. The average molecular weight is 566 g/mol. The quantitative estimate of drug-likeness (QED) is 0.282. The number of amides is 1. The van der Waals surface area contributed by atoms with Crippen molar-refractivity contribution in [1.82, 2.24) is 20.3 Å². The molecule has 3 heterocycles. The van der Waals surface area contributed by atoms with Crippen LogP contribution >= 0.6 is 23.2 Å². The molecular weight excluding hydrogens is 541 g/mol. The van der Waals surface area contributed by atoms with Crippen LogP contribution < -0.4 is 20.1 Å². The lowest BCUT2D eigenvalue weighted by molar-refractivity contribution is -0.117. The topological polar surface area (TPSA) is 107 Å². The van der Waals surface area contributed by atoms with Crippen LogP contribution in [0.2, 0.25) is 10.0 Å². The van der Waals surface area contributed by atoms with Crippen LogP contribution in [-0.2, 0) is 9.53 Å². The summed E-state index contributed by atoms with van der Waals surface area (Å²) in [4.78, 5) is 26.1. The Balaban J connectivity index is 1.63. The Morgan fingerprint density at radius 3 is 2.41 bits per heavy atom. The number of hydrogen-bond acceptors (Lipinski definition) is 8. The number of rotatable bonds is 8. The van der Waals surface area contributed by atoms with Crippen LogP contribution in [0.25, 0.3) is 33.4 Å². The number of hydrogen-bond donors (Lipinski definition) is 2. The number of ether oxygens (including phenoxy) is 3. The van der Waals surface area contributed by atoms with E-state index in [4.69, 9.17) is 47.4 Å². The second-order valence-corrected chi connectivity index (χ2v) is 9.50. The number of nitrogens with one attached hydrogen (secondary N) is 2. The highest BCUT2D eigenvalue weighted by Gasteiger charge is 2.30. The molecular formula is C28H25Cl2N5O4. The summed E-state index contributed by atoms with van der Waals surface area (Å²) < 4.78 is 16.5. The Hall–Kier alpha value is -3.92. The van der Waals surface area contributed by atoms with Crippen molar-refractivity contribution in [2.45, 2.75) is 12.1 Å². The van der Waals surface area contributed by atoms with Crippen LogP contribution in [0.15, 0.2) is 61.3 Å². The molecule has 0 radical (unpaired) electrons. The van der Waals surface area contributed by atoms with Crippen molar-refractivity contribution >= 4 is 46.0 Å². The fourth-order valence-corrected chi connectivity index (χ4v) is 5.09. The van der Waals surface area contributed by atoms with Gasteiger partial charge in [-0.15, -0.1) is 0 Å². The van der Waals surface area contributed by atoms with Crippen molar-refractivity contribution in [1.29, 1.82) is 0 Å². The largest absolute Gasteiger partial charge is 0.495 e. The summed E-state index contributed by atoms with van der Waals surface area (Å²) in [5, 5.41) is 7.49. The molecule has 1 aliphatic rings. The molecule has 0 spiro atoms. The van der Waals surface area contributed by atoms with Crippen molar-refractivity contribution in [3.63, 3.8) is 0 Å². The number of halogens is 2. The van der Waals surface area contributed by atoms with E-state index in [1.54, 1.807) is 12.3 Å². The minimum atomic E-state index is -0.272. The summed E-state index contributed by atoms with van der Waals surface area (Å²) in [7, 11) is 3.04. The van der Waals surface area contributed by atoms with Crippen LogP contribution in [0.1, 0.15) is 0 Å². The SMILES string of the molecule is C=CC(=O)N[C@H]1COC[C@H]1Nc1ncc2cc(-c3c(Cl)c(OC)cc(OC)c3Cl)nc(-c3ccccc3)c2n1. The molecule has 1 aliphatic heterocycles. The fraction of sp³-hybridized carbons (Fsp3) is 0.214. The van der Waals surface area contributed by atoms with E-state index < -0.39 is 0 Å². The lowest BCUT2D eigenvalue weighted by Gasteiger charge is -2.20. The van der Waals surface area contributed by atoms with Crippen LogP contribution in [0, 0.1) is 0 Å². The highest BCUT2D eigenvalue weighted by molar-refractivity contribution is 6.41. The van der Waals surface area contributed by atoms with E-state index >= 15 is 0 Å². The number of aromatic nitrogens is 3. The minimum absolute atomic E-state index is 0.222. The number of carbonyl (C=O) groups is 1. The van der Waals surface area contributed by atoms with Gasteiger partial charge in [0.25, 0.3) is 0 Å². The molecule has 2 N–H and O–H groups in total. The van der Waals surface area contributed by atoms with E-state index in [2.05, 4.69) is 22.2 Å². The van der Waals surface area contributed by atoms with E-state index in [1.807, 2.05) is 36.4 Å². The summed E-state index contributed by atoms with van der Waals surface area (Å²) in [6.45, 7) is 4.27. The minimum Gasteiger partial charge on any atom is -0.495 e. The Bertz CT molecular complexity index is 1520. The smallest absolute Gasteiger partial charge is 0.243 e. The zero-order valence-electron chi connectivity index (χ0n) is 21.2. The molecule has 1 saturated heterocycles. The normalized spacial score (nSPS) is 16.6. The summed E-state index contributed by atoms with van der Waals surface area (Å²) >= 11 is 13.4. The predicted octanol–water partition coefficient (Wildman–Crippen LogP) is 5.16. The number of benzene rings is 2. The van der Waals surface area contributed by atoms with Gasteiger partial charge in [0, 0.05) is 28.8 Å². The summed E-state index contributed by atoms with van der Waals surface area (Å²) in [5.41, 5.74) is 3.06. The molecule has 0 saturated carbocycles. The van der Waals surface area contributed by atoms with Crippen LogP contribution in [0.3, 0.4) is 0 Å². The molecule has 1 amide bonds. The second kappa shape index (κ2) is 11.4. The number of fused-ring (bicyclic) bond motifs is 1. The maximum Gasteiger partial charge on any atom is 0.243 e. The molecule has 11 heteroatoms. The standard InChI is InChI=1S/C28H25Cl2N5O4/c1-4-22(36)32-18-13-39-14-19(18)34-28-31-12-16-10-17(23-24(29)20(37-2)11-21(38-3)25(23)30)33-26(27(16)35-28)15-8-6-5-7-9-15/h4-12,18-19H,1,13-14H2,2-3H3,(H,32,36)(H,31,34,35)/t18-,19+/m0/s1. The summed E-state index contributed by atoms with van der Waals surface area (Å²) in [6.07, 6.45) is 2.93. The van der Waals surface area contributed by atoms with E-state index in [0.717, 1.165) is 10.9 Å². The van der Waals surface area contributed by atoms with Gasteiger partial charge in [-0.1, -0.05) is 60.1 Å². The third-order valence-electron chi connectivity index (χ3n) is 6.35. The van der Waals surface area contributed by atoms with Crippen molar-refractivity contribution in [3.05, 3.63) is 71.4 Å². The van der Waals surface area contributed by atoms with Gasteiger partial charge in [0.05, 0.1) is 61.0 Å². The molecule has 2 atom stereocenters. The molecule has 5 rings (SSSR count). The fourth-order valence-electron chi connectivity index (χ4n) is 4.39. The van der Waals surface area contributed by atoms with Crippen molar-refractivity contribution < 1.29 is 19.0 Å². The lowest BCUT2D eigenvalue weighted by Crippen LogP contribution is -2.45.